The van der Waals surface area contributed by atoms with Crippen LogP contribution in [0.25, 0.3) is 0 Å². The lowest BCUT2D eigenvalue weighted by molar-refractivity contribution is -0.156. The predicted octanol–water partition coefficient (Wildman–Crippen LogP) is 6.69. The van der Waals surface area contributed by atoms with Crippen molar-refractivity contribution in [3.63, 3.8) is 0 Å². The molecule has 0 heterocycles. The van der Waals surface area contributed by atoms with Gasteiger partial charge in [0.05, 0.1) is 5.60 Å². The highest BCUT2D eigenvalue weighted by Gasteiger charge is 2.35. The molecule has 0 N–H and O–H groups in total. The van der Waals surface area contributed by atoms with Crippen LogP contribution in [0.5, 0.6) is 0 Å². The Kier molecular flexibility index (Phi) is 11.0. The van der Waals surface area contributed by atoms with Crippen molar-refractivity contribution in [2.24, 2.45) is 10.4 Å². The molecule has 0 radical (unpaired) electrons. The fourth-order valence-electron chi connectivity index (χ4n) is 2.55. The van der Waals surface area contributed by atoms with E-state index in [0.717, 1.165) is 17.5 Å². The van der Waals surface area contributed by atoms with Gasteiger partial charge in [0.25, 0.3) is 0 Å². The zero-order valence-corrected chi connectivity index (χ0v) is 21.5. The SMILES string of the molecule is CCC(C)(C)C(C)(C)OC.CCC(N=Cc1ccc(C)cc1C)C(=O)OC(C)(C)C. The fourth-order valence-corrected chi connectivity index (χ4v) is 2.55. The summed E-state index contributed by atoms with van der Waals surface area (Å²) in [6.45, 7) is 22.6. The lowest BCUT2D eigenvalue weighted by Crippen LogP contribution is -2.40. The summed E-state index contributed by atoms with van der Waals surface area (Å²) >= 11 is 0. The maximum atomic E-state index is 12.0. The van der Waals surface area contributed by atoms with Gasteiger partial charge >= 0.3 is 5.97 Å². The normalized spacial score (nSPS) is 13.6. The first-order valence-electron chi connectivity index (χ1n) is 11.0. The molecule has 1 atom stereocenters. The zero-order valence-electron chi connectivity index (χ0n) is 21.5. The highest BCUT2D eigenvalue weighted by atomic mass is 16.6. The molecule has 0 amide bonds. The largest absolute Gasteiger partial charge is 0.458 e. The van der Waals surface area contributed by atoms with Crippen molar-refractivity contribution in [3.05, 3.63) is 34.9 Å². The number of methoxy groups -OCH3 is 1. The number of aryl methyl sites for hydroxylation is 2. The minimum absolute atomic E-state index is 0.0122. The first-order valence-corrected chi connectivity index (χ1v) is 11.0. The Bertz CT molecular complexity index is 683. The molecule has 30 heavy (non-hydrogen) atoms. The van der Waals surface area contributed by atoms with Crippen LogP contribution in [-0.2, 0) is 14.3 Å². The van der Waals surface area contributed by atoms with Gasteiger partial charge in [-0.25, -0.2) is 4.79 Å². The molecule has 0 bridgehead atoms. The first-order chi connectivity index (χ1) is 13.6. The van der Waals surface area contributed by atoms with Crippen molar-refractivity contribution < 1.29 is 14.3 Å². The summed E-state index contributed by atoms with van der Waals surface area (Å²) in [6, 6.07) is 5.74. The van der Waals surface area contributed by atoms with Crippen molar-refractivity contribution in [2.75, 3.05) is 7.11 Å². The van der Waals surface area contributed by atoms with Gasteiger partial charge in [-0.1, -0.05) is 51.5 Å². The summed E-state index contributed by atoms with van der Waals surface area (Å²) in [5.74, 6) is -0.263. The third-order valence-corrected chi connectivity index (χ3v) is 5.91. The predicted molar refractivity (Wildman–Crippen MR) is 129 cm³/mol. The summed E-state index contributed by atoms with van der Waals surface area (Å²) < 4.78 is 10.8. The van der Waals surface area contributed by atoms with Crippen LogP contribution >= 0.6 is 0 Å². The van der Waals surface area contributed by atoms with E-state index in [0.29, 0.717) is 6.42 Å². The van der Waals surface area contributed by atoms with Gasteiger partial charge in [0.15, 0.2) is 0 Å². The monoisotopic (exact) mass is 419 g/mol. The van der Waals surface area contributed by atoms with Gasteiger partial charge < -0.3 is 9.47 Å². The highest BCUT2D eigenvalue weighted by Crippen LogP contribution is 2.35. The van der Waals surface area contributed by atoms with Crippen molar-refractivity contribution in [2.45, 2.75) is 106 Å². The molecule has 0 fully saturated rings. The molecule has 0 saturated carbocycles. The molecule has 0 aliphatic rings. The Labute approximate surface area is 185 Å². The molecule has 1 aromatic carbocycles. The van der Waals surface area contributed by atoms with E-state index in [1.165, 1.54) is 5.56 Å². The summed E-state index contributed by atoms with van der Waals surface area (Å²) in [5.41, 5.74) is 3.20. The molecule has 0 aromatic heterocycles. The van der Waals surface area contributed by atoms with Crippen LogP contribution in [0.1, 0.15) is 91.8 Å². The molecule has 4 nitrogen and oxygen atoms in total. The third kappa shape index (κ3) is 9.42. The van der Waals surface area contributed by atoms with Crippen molar-refractivity contribution >= 4 is 12.2 Å². The van der Waals surface area contributed by atoms with Crippen LogP contribution in [0.2, 0.25) is 0 Å². The van der Waals surface area contributed by atoms with E-state index in [9.17, 15) is 4.79 Å². The van der Waals surface area contributed by atoms with Crippen LogP contribution in [-0.4, -0.2) is 36.5 Å². The number of carbonyl (C=O) groups excluding carboxylic acids is 1. The van der Waals surface area contributed by atoms with Crippen molar-refractivity contribution in [1.82, 2.24) is 0 Å². The number of hydrogen-bond donors (Lipinski definition) is 0. The number of benzene rings is 1. The second-order valence-electron chi connectivity index (χ2n) is 10.0. The Morgan fingerprint density at radius 2 is 1.63 bits per heavy atom. The Balaban J connectivity index is 0.000000710. The molecule has 4 heteroatoms. The number of esters is 1. The van der Waals surface area contributed by atoms with Gasteiger partial charge in [0.1, 0.15) is 11.6 Å². The molecule has 172 valence electrons. The van der Waals surface area contributed by atoms with Gasteiger partial charge in [-0.3, -0.25) is 4.99 Å². The summed E-state index contributed by atoms with van der Waals surface area (Å²) in [5, 5.41) is 0. The van der Waals surface area contributed by atoms with E-state index in [1.54, 1.807) is 13.3 Å². The molecule has 0 saturated heterocycles. The lowest BCUT2D eigenvalue weighted by atomic mass is 9.75. The molecular formula is C26H45NO3. The van der Waals surface area contributed by atoms with Gasteiger partial charge in [0, 0.05) is 13.3 Å². The van der Waals surface area contributed by atoms with Crippen LogP contribution in [0.15, 0.2) is 23.2 Å². The smallest absolute Gasteiger partial charge is 0.331 e. The van der Waals surface area contributed by atoms with Crippen LogP contribution < -0.4 is 0 Å². The van der Waals surface area contributed by atoms with Gasteiger partial charge in [-0.15, -0.1) is 0 Å². The topological polar surface area (TPSA) is 47.9 Å². The van der Waals surface area contributed by atoms with Gasteiger partial charge in [-0.2, -0.15) is 0 Å². The van der Waals surface area contributed by atoms with Crippen LogP contribution in [0, 0.1) is 19.3 Å². The minimum Gasteiger partial charge on any atom is -0.458 e. The number of ether oxygens (including phenoxy) is 2. The Morgan fingerprint density at radius 1 is 1.07 bits per heavy atom. The maximum Gasteiger partial charge on any atom is 0.331 e. The quantitative estimate of drug-likeness (QED) is 0.365. The molecule has 1 aromatic rings. The van der Waals surface area contributed by atoms with E-state index in [-0.39, 0.29) is 17.0 Å². The van der Waals surface area contributed by atoms with E-state index in [1.807, 2.05) is 46.8 Å². The molecule has 0 spiro atoms. The summed E-state index contributed by atoms with van der Waals surface area (Å²) in [7, 11) is 1.78. The van der Waals surface area contributed by atoms with Crippen molar-refractivity contribution in [3.8, 4) is 0 Å². The lowest BCUT2D eigenvalue weighted by Gasteiger charge is -2.39. The van der Waals surface area contributed by atoms with Gasteiger partial charge in [-0.05, 0) is 77.8 Å². The Hall–Kier alpha value is -1.68. The minimum atomic E-state index is -0.472. The molecular weight excluding hydrogens is 374 g/mol. The molecule has 0 aliphatic carbocycles. The number of nitrogens with zero attached hydrogens (tertiary/aromatic N) is 1. The number of rotatable bonds is 7. The average Bonchev–Trinajstić information content (AvgIpc) is 2.62. The summed E-state index contributed by atoms with van der Waals surface area (Å²) in [6.07, 6.45) is 3.55. The van der Waals surface area contributed by atoms with E-state index in [4.69, 9.17) is 9.47 Å². The standard InChI is InChI=1S/C17H25NO2.C9H20O/c1-7-15(16(19)20-17(4,5)6)18-11-14-9-8-12(2)10-13(14)3;1-7-8(2,3)9(4,5)10-6/h8-11,15H,7H2,1-6H3;7H2,1-6H3. The third-order valence-electron chi connectivity index (χ3n) is 5.91. The molecule has 1 unspecified atom stereocenters. The number of carbonyl (C=O) groups is 1. The summed E-state index contributed by atoms with van der Waals surface area (Å²) in [4.78, 5) is 16.4. The number of hydrogen-bond acceptors (Lipinski definition) is 4. The molecule has 0 aliphatic heterocycles. The van der Waals surface area contributed by atoms with E-state index >= 15 is 0 Å². The number of aliphatic imine (C=N–C) groups is 1. The van der Waals surface area contributed by atoms with Crippen LogP contribution in [0.3, 0.4) is 0 Å². The van der Waals surface area contributed by atoms with Crippen molar-refractivity contribution in [1.29, 1.82) is 0 Å². The maximum absolute atomic E-state index is 12.0. The van der Waals surface area contributed by atoms with Gasteiger partial charge in [0.2, 0.25) is 0 Å². The second-order valence-corrected chi connectivity index (χ2v) is 10.0. The average molecular weight is 420 g/mol. The highest BCUT2D eigenvalue weighted by molar-refractivity contribution is 5.85. The van der Waals surface area contributed by atoms with Crippen LogP contribution in [0.4, 0.5) is 0 Å². The fraction of sp³-hybridized carbons (Fsp3) is 0.692. The Morgan fingerprint density at radius 3 is 2.00 bits per heavy atom. The van der Waals surface area contributed by atoms with E-state index in [2.05, 4.69) is 52.6 Å². The first kappa shape index (κ1) is 28.3. The second kappa shape index (κ2) is 11.6. The molecule has 1 rings (SSSR count). The van der Waals surface area contributed by atoms with E-state index < -0.39 is 11.6 Å². The zero-order chi connectivity index (χ0) is 23.8.